The number of hydrogen-bond acceptors (Lipinski definition) is 3. The summed E-state index contributed by atoms with van der Waals surface area (Å²) >= 11 is 0. The number of anilines is 1. The van der Waals surface area contributed by atoms with Crippen LogP contribution in [0.5, 0.6) is 0 Å². The number of aromatic nitrogens is 1. The smallest absolute Gasteiger partial charge is 0.270 e. The maximum atomic E-state index is 12.6. The molecule has 1 saturated carbocycles. The molecule has 26 heavy (non-hydrogen) atoms. The van der Waals surface area contributed by atoms with Crippen molar-refractivity contribution in [2.75, 3.05) is 5.32 Å². The van der Waals surface area contributed by atoms with E-state index in [-0.39, 0.29) is 35.6 Å². The maximum Gasteiger partial charge on any atom is 0.270 e. The number of non-ortho nitro benzene ring substituents is 1. The monoisotopic (exact) mass is 463 g/mol. The van der Waals surface area contributed by atoms with Crippen molar-refractivity contribution in [3.05, 3.63) is 70.0 Å². The molecule has 1 aliphatic carbocycles. The van der Waals surface area contributed by atoms with Crippen LogP contribution in [-0.2, 0) is 17.3 Å². The van der Waals surface area contributed by atoms with Crippen LogP contribution in [-0.4, -0.2) is 10.8 Å². The van der Waals surface area contributed by atoms with Gasteiger partial charge in [-0.05, 0) is 30.0 Å². The second-order valence-corrected chi connectivity index (χ2v) is 6.80. The zero-order valence-electron chi connectivity index (χ0n) is 14.3. The van der Waals surface area contributed by atoms with E-state index in [1.54, 1.807) is 6.07 Å². The molecule has 1 aromatic heterocycles. The topological polar surface area (TPSA) is 76.1 Å². The van der Waals surface area contributed by atoms with Crippen LogP contribution < -0.4 is 33.9 Å². The molecule has 0 bridgehead atoms. The van der Waals surface area contributed by atoms with Crippen LogP contribution in [0, 0.1) is 10.1 Å². The molecule has 7 heteroatoms. The lowest BCUT2D eigenvalue weighted by molar-refractivity contribution is -0.671. The van der Waals surface area contributed by atoms with Gasteiger partial charge in [0, 0.05) is 29.3 Å². The number of nitro groups is 1. The number of pyridine rings is 1. The normalized spacial score (nSPS) is 16.3. The van der Waals surface area contributed by atoms with E-state index in [1.165, 1.54) is 6.07 Å². The Morgan fingerprint density at radius 2 is 2.12 bits per heavy atom. The molecule has 0 saturated heterocycles. The first-order valence-corrected chi connectivity index (χ1v) is 8.22. The fourth-order valence-corrected chi connectivity index (χ4v) is 3.79. The average Bonchev–Trinajstić information content (AvgIpc) is 2.85. The highest BCUT2D eigenvalue weighted by molar-refractivity contribution is 6.10. The highest BCUT2D eigenvalue weighted by Crippen LogP contribution is 2.53. The van der Waals surface area contributed by atoms with Crippen molar-refractivity contribution in [1.29, 1.82) is 0 Å². The molecule has 1 amide bonds. The molecule has 6 nitrogen and oxygen atoms in total. The Bertz CT molecular complexity index is 951. The summed E-state index contributed by atoms with van der Waals surface area (Å²) in [5.74, 6) is -0.0538. The lowest BCUT2D eigenvalue weighted by atomic mass is 9.65. The summed E-state index contributed by atoms with van der Waals surface area (Å²) in [5.41, 5.74) is 2.95. The SMILES string of the molecule is C=C(c1ccc[n+](C)c1)c1cc([N+](=O)[O-])cc2c1NC(=O)C21CCC1.[I-]. The maximum absolute atomic E-state index is 12.6. The van der Waals surface area contributed by atoms with E-state index in [0.29, 0.717) is 16.8 Å². The molecule has 2 heterocycles. The molecule has 2 aliphatic rings. The van der Waals surface area contributed by atoms with Gasteiger partial charge in [0.2, 0.25) is 5.91 Å². The van der Waals surface area contributed by atoms with Crippen LogP contribution in [0.1, 0.15) is 36.0 Å². The predicted molar refractivity (Wildman–Crippen MR) is 93.0 cm³/mol. The van der Waals surface area contributed by atoms with Crippen molar-refractivity contribution < 1.29 is 38.3 Å². The number of nitro benzene ring substituents is 1. The molecule has 1 aromatic carbocycles. The zero-order valence-corrected chi connectivity index (χ0v) is 16.4. The third-order valence-electron chi connectivity index (χ3n) is 5.34. The van der Waals surface area contributed by atoms with Gasteiger partial charge in [-0.2, -0.15) is 0 Å². The molecular weight excluding hydrogens is 445 g/mol. The molecule has 1 aliphatic heterocycles. The van der Waals surface area contributed by atoms with Crippen LogP contribution in [0.4, 0.5) is 11.4 Å². The molecule has 134 valence electrons. The van der Waals surface area contributed by atoms with Crippen LogP contribution in [0.3, 0.4) is 0 Å². The fourth-order valence-electron chi connectivity index (χ4n) is 3.79. The Labute approximate surface area is 168 Å². The van der Waals surface area contributed by atoms with E-state index in [2.05, 4.69) is 11.9 Å². The first-order chi connectivity index (χ1) is 11.9. The van der Waals surface area contributed by atoms with Gasteiger partial charge in [-0.25, -0.2) is 4.57 Å². The molecular formula is C19H18IN3O3. The molecule has 1 spiro atoms. The van der Waals surface area contributed by atoms with Gasteiger partial charge in [0.1, 0.15) is 7.05 Å². The Morgan fingerprint density at radius 1 is 1.38 bits per heavy atom. The Kier molecular flexibility index (Phi) is 4.60. The van der Waals surface area contributed by atoms with E-state index < -0.39 is 10.3 Å². The Balaban J connectivity index is 0.00000196. The van der Waals surface area contributed by atoms with Crippen molar-refractivity contribution in [1.82, 2.24) is 0 Å². The predicted octanol–water partition coefficient (Wildman–Crippen LogP) is -0.141. The fraction of sp³-hybridized carbons (Fsp3) is 0.263. The highest BCUT2D eigenvalue weighted by Gasteiger charge is 2.52. The molecule has 1 fully saturated rings. The van der Waals surface area contributed by atoms with Crippen molar-refractivity contribution in [2.45, 2.75) is 24.7 Å². The van der Waals surface area contributed by atoms with E-state index in [4.69, 9.17) is 0 Å². The standard InChI is InChI=1S/C19H17N3O3.HI/c1-12(13-5-3-8-21(2)11-13)15-9-14(22(24)25)10-16-17(15)20-18(23)19(16)6-4-7-19;/h3,5,8-11H,1,4,6-7H2,2H3;1H. The average molecular weight is 463 g/mol. The summed E-state index contributed by atoms with van der Waals surface area (Å²) in [7, 11) is 1.90. The minimum atomic E-state index is -0.599. The third kappa shape index (κ3) is 2.61. The first-order valence-electron chi connectivity index (χ1n) is 8.22. The van der Waals surface area contributed by atoms with Gasteiger partial charge >= 0.3 is 0 Å². The molecule has 1 N–H and O–H groups in total. The minimum absolute atomic E-state index is 0. The number of benzene rings is 1. The molecule has 0 atom stereocenters. The van der Waals surface area contributed by atoms with Gasteiger partial charge in [0.15, 0.2) is 12.4 Å². The van der Waals surface area contributed by atoms with Crippen LogP contribution in [0.15, 0.2) is 43.2 Å². The molecule has 0 radical (unpaired) electrons. The number of carbonyl (C=O) groups excluding carboxylic acids is 1. The number of halogens is 1. The Morgan fingerprint density at radius 3 is 2.69 bits per heavy atom. The van der Waals surface area contributed by atoms with Gasteiger partial charge in [0.25, 0.3) is 5.69 Å². The van der Waals surface area contributed by atoms with Crippen LogP contribution in [0.2, 0.25) is 0 Å². The van der Waals surface area contributed by atoms with Crippen LogP contribution >= 0.6 is 0 Å². The minimum Gasteiger partial charge on any atom is -1.00 e. The number of fused-ring (bicyclic) bond motifs is 2. The molecule has 2 aromatic rings. The van der Waals surface area contributed by atoms with Gasteiger partial charge < -0.3 is 29.3 Å². The third-order valence-corrected chi connectivity index (χ3v) is 5.34. The first kappa shape index (κ1) is 18.5. The molecule has 0 unspecified atom stereocenters. The number of amides is 1. The van der Waals surface area contributed by atoms with Gasteiger partial charge in [-0.3, -0.25) is 14.9 Å². The Hall–Kier alpha value is -2.29. The summed E-state index contributed by atoms with van der Waals surface area (Å²) < 4.78 is 1.89. The van der Waals surface area contributed by atoms with Crippen molar-refractivity contribution in [3.8, 4) is 0 Å². The second kappa shape index (κ2) is 6.46. The van der Waals surface area contributed by atoms with E-state index in [9.17, 15) is 14.9 Å². The van der Waals surface area contributed by atoms with Gasteiger partial charge in [-0.15, -0.1) is 0 Å². The number of carbonyl (C=O) groups is 1. The number of rotatable bonds is 3. The highest BCUT2D eigenvalue weighted by atomic mass is 127. The van der Waals surface area contributed by atoms with Gasteiger partial charge in [0.05, 0.1) is 16.0 Å². The second-order valence-electron chi connectivity index (χ2n) is 6.80. The van der Waals surface area contributed by atoms with E-state index in [0.717, 1.165) is 30.4 Å². The number of aryl methyl sites for hydroxylation is 1. The summed E-state index contributed by atoms with van der Waals surface area (Å²) in [4.78, 5) is 23.6. The van der Waals surface area contributed by atoms with E-state index >= 15 is 0 Å². The van der Waals surface area contributed by atoms with E-state index in [1.807, 2.05) is 36.1 Å². The van der Waals surface area contributed by atoms with Crippen LogP contribution in [0.25, 0.3) is 5.57 Å². The quantitative estimate of drug-likeness (QED) is 0.298. The number of nitrogens with zero attached hydrogens (tertiary/aromatic N) is 2. The number of nitrogens with one attached hydrogen (secondary N) is 1. The summed E-state index contributed by atoms with van der Waals surface area (Å²) in [6, 6.07) is 6.86. The summed E-state index contributed by atoms with van der Waals surface area (Å²) in [6.07, 6.45) is 6.24. The molecule has 4 rings (SSSR count). The van der Waals surface area contributed by atoms with Gasteiger partial charge in [-0.1, -0.05) is 13.0 Å². The summed E-state index contributed by atoms with van der Waals surface area (Å²) in [5, 5.41) is 14.4. The lowest BCUT2D eigenvalue weighted by Crippen LogP contribution is -3.00. The number of hydrogen-bond donors (Lipinski definition) is 1. The lowest BCUT2D eigenvalue weighted by Gasteiger charge is -2.36. The largest absolute Gasteiger partial charge is 1.00 e. The van der Waals surface area contributed by atoms with Crippen molar-refractivity contribution in [3.63, 3.8) is 0 Å². The van der Waals surface area contributed by atoms with Crippen molar-refractivity contribution >= 4 is 22.9 Å². The van der Waals surface area contributed by atoms with Crippen molar-refractivity contribution in [2.24, 2.45) is 7.05 Å². The summed E-state index contributed by atoms with van der Waals surface area (Å²) in [6.45, 7) is 4.14. The zero-order chi connectivity index (χ0) is 17.8.